The Morgan fingerprint density at radius 3 is 2.63 bits per heavy atom. The van der Waals surface area contributed by atoms with E-state index in [-0.39, 0.29) is 16.8 Å². The van der Waals surface area contributed by atoms with Gasteiger partial charge in [0.25, 0.3) is 0 Å². The van der Waals surface area contributed by atoms with Crippen molar-refractivity contribution < 1.29 is 8.42 Å². The predicted molar refractivity (Wildman–Crippen MR) is 71.6 cm³/mol. The van der Waals surface area contributed by atoms with Gasteiger partial charge in [-0.2, -0.15) is 0 Å². The molecule has 0 bridgehead atoms. The fourth-order valence-electron chi connectivity index (χ4n) is 1.55. The van der Waals surface area contributed by atoms with Crippen molar-refractivity contribution in [2.75, 3.05) is 5.73 Å². The molecular weight excluding hydrogens is 264 g/mol. The highest BCUT2D eigenvalue weighted by Gasteiger charge is 2.18. The number of hydrogen-bond donors (Lipinski definition) is 2. The smallest absolute Gasteiger partial charge is 0.242 e. The molecule has 7 heteroatoms. The van der Waals surface area contributed by atoms with E-state index in [9.17, 15) is 8.42 Å². The maximum absolute atomic E-state index is 12.1. The van der Waals surface area contributed by atoms with Gasteiger partial charge in [-0.25, -0.2) is 18.1 Å². The molecule has 2 rings (SSSR count). The first-order chi connectivity index (χ1) is 8.99. The van der Waals surface area contributed by atoms with Crippen LogP contribution in [0.4, 0.5) is 5.82 Å². The van der Waals surface area contributed by atoms with Crippen molar-refractivity contribution in [3.63, 3.8) is 0 Å². The number of nitrogens with two attached hydrogens (primary N) is 1. The van der Waals surface area contributed by atoms with Crippen molar-refractivity contribution in [2.45, 2.75) is 17.9 Å². The van der Waals surface area contributed by atoms with E-state index in [1.807, 2.05) is 0 Å². The van der Waals surface area contributed by atoms with Gasteiger partial charge in [0.15, 0.2) is 0 Å². The molecule has 2 aromatic heterocycles. The van der Waals surface area contributed by atoms with Crippen LogP contribution in [0.1, 0.15) is 18.5 Å². The molecule has 100 valence electrons. The first-order valence-corrected chi connectivity index (χ1v) is 7.11. The van der Waals surface area contributed by atoms with Gasteiger partial charge >= 0.3 is 0 Å². The number of pyridine rings is 2. The zero-order valence-electron chi connectivity index (χ0n) is 10.3. The van der Waals surface area contributed by atoms with Gasteiger partial charge in [0.05, 0.1) is 0 Å². The van der Waals surface area contributed by atoms with Crippen molar-refractivity contribution in [3.8, 4) is 0 Å². The Labute approximate surface area is 111 Å². The zero-order valence-corrected chi connectivity index (χ0v) is 11.1. The normalized spacial score (nSPS) is 13.1. The summed E-state index contributed by atoms with van der Waals surface area (Å²) in [7, 11) is -3.62. The summed E-state index contributed by atoms with van der Waals surface area (Å²) in [6.45, 7) is 1.75. The summed E-state index contributed by atoms with van der Waals surface area (Å²) in [6, 6.07) is 6.05. The predicted octanol–water partition coefficient (Wildman–Crippen LogP) is 1.10. The molecule has 0 aromatic carbocycles. The van der Waals surface area contributed by atoms with E-state index >= 15 is 0 Å². The highest BCUT2D eigenvalue weighted by molar-refractivity contribution is 7.89. The van der Waals surface area contributed by atoms with E-state index in [1.165, 1.54) is 18.3 Å². The number of nitrogen functional groups attached to an aromatic ring is 1. The fraction of sp³-hybridized carbons (Fsp3) is 0.167. The second-order valence-electron chi connectivity index (χ2n) is 4.05. The number of nitrogens with zero attached hydrogens (tertiary/aromatic N) is 2. The summed E-state index contributed by atoms with van der Waals surface area (Å²) in [5.41, 5.74) is 6.21. The Balaban J connectivity index is 2.20. The molecule has 0 aliphatic heterocycles. The lowest BCUT2D eigenvalue weighted by atomic mass is 10.2. The van der Waals surface area contributed by atoms with Crippen LogP contribution in [0.3, 0.4) is 0 Å². The van der Waals surface area contributed by atoms with Crippen LogP contribution in [0, 0.1) is 0 Å². The molecule has 0 amide bonds. The van der Waals surface area contributed by atoms with Crippen molar-refractivity contribution in [3.05, 3.63) is 48.4 Å². The van der Waals surface area contributed by atoms with Crippen LogP contribution in [0.25, 0.3) is 0 Å². The lowest BCUT2D eigenvalue weighted by molar-refractivity contribution is 0.566. The molecule has 0 saturated heterocycles. The van der Waals surface area contributed by atoms with Crippen LogP contribution in [0.5, 0.6) is 0 Å². The van der Waals surface area contributed by atoms with Crippen LogP contribution in [-0.4, -0.2) is 18.4 Å². The Bertz CT molecular complexity index is 641. The largest absolute Gasteiger partial charge is 0.384 e. The fourth-order valence-corrected chi connectivity index (χ4v) is 2.73. The molecule has 0 aliphatic carbocycles. The van der Waals surface area contributed by atoms with Gasteiger partial charge in [0, 0.05) is 24.6 Å². The number of rotatable bonds is 4. The second-order valence-corrected chi connectivity index (χ2v) is 5.76. The lowest BCUT2D eigenvalue weighted by Gasteiger charge is -2.14. The first-order valence-electron chi connectivity index (χ1n) is 5.63. The van der Waals surface area contributed by atoms with Crippen molar-refractivity contribution in [1.29, 1.82) is 0 Å². The van der Waals surface area contributed by atoms with Gasteiger partial charge in [0.2, 0.25) is 10.0 Å². The molecule has 0 radical (unpaired) electrons. The molecule has 2 aromatic rings. The van der Waals surface area contributed by atoms with Gasteiger partial charge < -0.3 is 5.73 Å². The van der Waals surface area contributed by atoms with Gasteiger partial charge in [-0.15, -0.1) is 0 Å². The number of aromatic nitrogens is 2. The average Bonchev–Trinajstić information content (AvgIpc) is 2.40. The summed E-state index contributed by atoms with van der Waals surface area (Å²) < 4.78 is 26.8. The molecule has 1 atom stereocenters. The molecule has 2 heterocycles. The number of hydrogen-bond acceptors (Lipinski definition) is 5. The zero-order chi connectivity index (χ0) is 13.9. The molecule has 0 spiro atoms. The number of anilines is 1. The molecule has 1 unspecified atom stereocenters. The Morgan fingerprint density at radius 2 is 2.05 bits per heavy atom. The summed E-state index contributed by atoms with van der Waals surface area (Å²) in [4.78, 5) is 7.81. The number of sulfonamides is 1. The first kappa shape index (κ1) is 13.4. The van der Waals surface area contributed by atoms with E-state index in [0.717, 1.165) is 5.56 Å². The van der Waals surface area contributed by atoms with E-state index < -0.39 is 10.0 Å². The third-order valence-corrected chi connectivity index (χ3v) is 4.11. The lowest BCUT2D eigenvalue weighted by Crippen LogP contribution is -2.27. The molecule has 0 saturated carbocycles. The standard InChI is InChI=1S/C12H14N4O2S/c1-9(10-3-2-6-14-7-10)16-19(17,18)11-4-5-12(13)15-8-11/h2-9,16H,1H3,(H2,13,15). The van der Waals surface area contributed by atoms with Crippen LogP contribution < -0.4 is 10.5 Å². The minimum atomic E-state index is -3.62. The molecule has 3 N–H and O–H groups in total. The SMILES string of the molecule is CC(NS(=O)(=O)c1ccc(N)nc1)c1cccnc1. The number of nitrogens with one attached hydrogen (secondary N) is 1. The Hall–Kier alpha value is -1.99. The monoisotopic (exact) mass is 278 g/mol. The van der Waals surface area contributed by atoms with Crippen molar-refractivity contribution in [1.82, 2.24) is 14.7 Å². The Morgan fingerprint density at radius 1 is 1.26 bits per heavy atom. The van der Waals surface area contributed by atoms with E-state index in [2.05, 4.69) is 14.7 Å². The van der Waals surface area contributed by atoms with Gasteiger partial charge in [0.1, 0.15) is 10.7 Å². The molecule has 0 fully saturated rings. The molecule has 19 heavy (non-hydrogen) atoms. The highest BCUT2D eigenvalue weighted by atomic mass is 32.2. The topological polar surface area (TPSA) is 98.0 Å². The van der Waals surface area contributed by atoms with E-state index in [0.29, 0.717) is 0 Å². The average molecular weight is 278 g/mol. The van der Waals surface area contributed by atoms with Gasteiger partial charge in [-0.05, 0) is 30.7 Å². The van der Waals surface area contributed by atoms with Crippen LogP contribution in [-0.2, 0) is 10.0 Å². The summed E-state index contributed by atoms with van der Waals surface area (Å²) in [5, 5.41) is 0. The quantitative estimate of drug-likeness (QED) is 0.872. The van der Waals surface area contributed by atoms with E-state index in [1.54, 1.807) is 31.5 Å². The molecular formula is C12H14N4O2S. The second kappa shape index (κ2) is 5.33. The van der Waals surface area contributed by atoms with Crippen molar-refractivity contribution in [2.24, 2.45) is 0 Å². The van der Waals surface area contributed by atoms with Crippen molar-refractivity contribution >= 4 is 15.8 Å². The Kier molecular flexibility index (Phi) is 3.77. The summed E-state index contributed by atoms with van der Waals surface area (Å²) in [5.74, 6) is 0.277. The maximum Gasteiger partial charge on any atom is 0.242 e. The molecule has 6 nitrogen and oxygen atoms in total. The van der Waals surface area contributed by atoms with Gasteiger partial charge in [-0.3, -0.25) is 4.98 Å². The summed E-state index contributed by atoms with van der Waals surface area (Å²) >= 11 is 0. The van der Waals surface area contributed by atoms with Gasteiger partial charge in [-0.1, -0.05) is 6.07 Å². The van der Waals surface area contributed by atoms with Crippen LogP contribution >= 0.6 is 0 Å². The minimum Gasteiger partial charge on any atom is -0.384 e. The van der Waals surface area contributed by atoms with Crippen LogP contribution in [0.2, 0.25) is 0 Å². The molecule has 0 aliphatic rings. The third-order valence-electron chi connectivity index (χ3n) is 2.59. The minimum absolute atomic E-state index is 0.0810. The highest BCUT2D eigenvalue weighted by Crippen LogP contribution is 2.15. The van der Waals surface area contributed by atoms with Crippen LogP contribution in [0.15, 0.2) is 47.8 Å². The maximum atomic E-state index is 12.1. The third kappa shape index (κ3) is 3.27. The van der Waals surface area contributed by atoms with E-state index in [4.69, 9.17) is 5.73 Å². The summed E-state index contributed by atoms with van der Waals surface area (Å²) in [6.07, 6.45) is 4.48.